The molecule has 0 spiro atoms. The molecule has 0 heterocycles. The van der Waals surface area contributed by atoms with Crippen LogP contribution in [0.15, 0.2) is 30.3 Å². The summed E-state index contributed by atoms with van der Waals surface area (Å²) in [6.45, 7) is 0. The second-order valence-corrected chi connectivity index (χ2v) is 1.49. The van der Waals surface area contributed by atoms with Crippen LogP contribution in [0.2, 0.25) is 0 Å². The maximum absolute atomic E-state index is 6.69. The zero-order valence-electron chi connectivity index (χ0n) is 5.39. The van der Waals surface area contributed by atoms with Gasteiger partial charge in [0, 0.05) is 0 Å². The quantitative estimate of drug-likeness (QED) is 0.218. The number of hydrogen-bond donors (Lipinski definition) is 0. The van der Waals surface area contributed by atoms with Crippen LogP contribution in [0.5, 0.6) is 0 Å². The van der Waals surface area contributed by atoms with Gasteiger partial charge in [0.05, 0.1) is 0 Å². The molecule has 0 unspecified atom stereocenters. The predicted molar refractivity (Wildman–Crippen MR) is 32.7 cm³/mol. The standard InChI is InChI=1S/C8H5.Li/c1-2-8-6-4-3-5-7-8;/h3-7H;/q-1;+1. The molecule has 0 saturated heterocycles. The van der Waals surface area contributed by atoms with E-state index in [0.717, 1.165) is 5.56 Å². The molecule has 1 aromatic carbocycles. The maximum atomic E-state index is 6.69. The van der Waals surface area contributed by atoms with E-state index in [0.29, 0.717) is 0 Å². The topological polar surface area (TPSA) is 0 Å². The van der Waals surface area contributed by atoms with Crippen molar-refractivity contribution >= 4 is 0 Å². The molecule has 0 N–H and O–H groups in total. The van der Waals surface area contributed by atoms with Crippen molar-refractivity contribution in [3.05, 3.63) is 42.3 Å². The monoisotopic (exact) mass is 108 g/mol. The molecule has 0 saturated carbocycles. The Morgan fingerprint density at radius 2 is 1.67 bits per heavy atom. The Labute approximate surface area is 67.5 Å². The molecule has 0 aliphatic rings. The van der Waals surface area contributed by atoms with Gasteiger partial charge in [-0.25, -0.2) is 0 Å². The Bertz CT molecular complexity index is 196. The molecule has 0 nitrogen and oxygen atoms in total. The summed E-state index contributed by atoms with van der Waals surface area (Å²) in [4.78, 5) is 0. The Kier molecular flexibility index (Phi) is 3.98. The van der Waals surface area contributed by atoms with E-state index in [1.54, 1.807) is 0 Å². The smallest absolute Gasteiger partial charge is 0.366 e. The molecule has 0 radical (unpaired) electrons. The molecule has 0 amide bonds. The van der Waals surface area contributed by atoms with Crippen molar-refractivity contribution in [3.8, 4) is 5.92 Å². The molecule has 0 aliphatic carbocycles. The molecule has 1 heteroatoms. The van der Waals surface area contributed by atoms with Gasteiger partial charge in [-0.2, -0.15) is 0 Å². The molecule has 1 aromatic rings. The van der Waals surface area contributed by atoms with E-state index in [1.807, 2.05) is 30.3 Å². The fourth-order valence-corrected chi connectivity index (χ4v) is 0.521. The SMILES string of the molecule is [C-]#Cc1ccccc1.[Li+]. The van der Waals surface area contributed by atoms with Crippen LogP contribution in [-0.4, -0.2) is 0 Å². The first-order valence-electron chi connectivity index (χ1n) is 2.41. The second-order valence-electron chi connectivity index (χ2n) is 1.49. The van der Waals surface area contributed by atoms with Crippen molar-refractivity contribution in [2.45, 2.75) is 0 Å². The molecular weight excluding hydrogens is 103 g/mol. The molecule has 0 aliphatic heterocycles. The van der Waals surface area contributed by atoms with E-state index in [1.165, 1.54) is 0 Å². The van der Waals surface area contributed by atoms with Gasteiger partial charge in [-0.3, -0.25) is 5.92 Å². The Morgan fingerprint density at radius 3 is 2.00 bits per heavy atom. The van der Waals surface area contributed by atoms with Crippen molar-refractivity contribution in [2.24, 2.45) is 0 Å². The maximum Gasteiger partial charge on any atom is 1.00 e. The zero-order chi connectivity index (χ0) is 5.82. The van der Waals surface area contributed by atoms with Gasteiger partial charge in [0.2, 0.25) is 0 Å². The Balaban J connectivity index is 0.000000640. The van der Waals surface area contributed by atoms with Crippen LogP contribution in [0.4, 0.5) is 0 Å². The van der Waals surface area contributed by atoms with Gasteiger partial charge in [-0.05, 0) is 0 Å². The van der Waals surface area contributed by atoms with E-state index in [4.69, 9.17) is 6.42 Å². The van der Waals surface area contributed by atoms with Gasteiger partial charge in [-0.15, -0.1) is 17.7 Å². The van der Waals surface area contributed by atoms with Crippen LogP contribution in [0.25, 0.3) is 0 Å². The third-order valence-electron chi connectivity index (χ3n) is 0.918. The molecule has 38 valence electrons. The molecule has 0 atom stereocenters. The van der Waals surface area contributed by atoms with Gasteiger partial charge < -0.3 is 6.42 Å². The van der Waals surface area contributed by atoms with Crippen molar-refractivity contribution in [3.63, 3.8) is 0 Å². The van der Waals surface area contributed by atoms with Gasteiger partial charge in [0.15, 0.2) is 0 Å². The molecule has 0 fully saturated rings. The Morgan fingerprint density at radius 1 is 1.11 bits per heavy atom. The summed E-state index contributed by atoms with van der Waals surface area (Å²) in [5.74, 6) is 2.28. The van der Waals surface area contributed by atoms with Gasteiger partial charge in [0.1, 0.15) is 0 Å². The Hall–Kier alpha value is -0.623. The summed E-state index contributed by atoms with van der Waals surface area (Å²) in [5, 5.41) is 0. The van der Waals surface area contributed by atoms with Crippen LogP contribution in [0.3, 0.4) is 0 Å². The average molecular weight is 108 g/mol. The van der Waals surface area contributed by atoms with Crippen LogP contribution < -0.4 is 18.9 Å². The van der Waals surface area contributed by atoms with Crippen LogP contribution in [0.1, 0.15) is 5.56 Å². The van der Waals surface area contributed by atoms with E-state index >= 15 is 0 Å². The van der Waals surface area contributed by atoms with E-state index < -0.39 is 0 Å². The number of rotatable bonds is 0. The molecule has 0 bridgehead atoms. The minimum absolute atomic E-state index is 0. The first-order valence-corrected chi connectivity index (χ1v) is 2.41. The fraction of sp³-hybridized carbons (Fsp3) is 0. The first-order chi connectivity index (χ1) is 3.93. The normalized spacial score (nSPS) is 7.00. The van der Waals surface area contributed by atoms with Gasteiger partial charge >= 0.3 is 18.9 Å². The van der Waals surface area contributed by atoms with E-state index in [-0.39, 0.29) is 18.9 Å². The first kappa shape index (κ1) is 8.38. The summed E-state index contributed by atoms with van der Waals surface area (Å²) in [7, 11) is 0. The third-order valence-corrected chi connectivity index (χ3v) is 0.918. The number of benzene rings is 1. The van der Waals surface area contributed by atoms with E-state index in [9.17, 15) is 0 Å². The van der Waals surface area contributed by atoms with Crippen molar-refractivity contribution in [1.82, 2.24) is 0 Å². The minimum atomic E-state index is 0. The van der Waals surface area contributed by atoms with Crippen molar-refractivity contribution in [2.75, 3.05) is 0 Å². The van der Waals surface area contributed by atoms with Crippen LogP contribution in [-0.2, 0) is 0 Å². The zero-order valence-corrected chi connectivity index (χ0v) is 5.39. The molecule has 1 rings (SSSR count). The van der Waals surface area contributed by atoms with Crippen LogP contribution in [0, 0.1) is 12.3 Å². The van der Waals surface area contributed by atoms with Crippen molar-refractivity contribution < 1.29 is 18.9 Å². The summed E-state index contributed by atoms with van der Waals surface area (Å²) < 4.78 is 0. The average Bonchev–Trinajstić information content (AvgIpc) is 1.90. The van der Waals surface area contributed by atoms with Crippen LogP contribution >= 0.6 is 0 Å². The van der Waals surface area contributed by atoms with E-state index in [2.05, 4.69) is 5.92 Å². The summed E-state index contributed by atoms with van der Waals surface area (Å²) >= 11 is 0. The minimum Gasteiger partial charge on any atom is -0.366 e. The fourth-order valence-electron chi connectivity index (χ4n) is 0.521. The molecular formula is C8H5Li. The molecule has 9 heavy (non-hydrogen) atoms. The third kappa shape index (κ3) is 2.43. The predicted octanol–water partition coefficient (Wildman–Crippen LogP) is -1.37. The molecule has 0 aromatic heterocycles. The van der Waals surface area contributed by atoms with Gasteiger partial charge in [-0.1, -0.05) is 18.2 Å². The second kappa shape index (κ2) is 4.28. The van der Waals surface area contributed by atoms with Crippen molar-refractivity contribution in [1.29, 1.82) is 0 Å². The summed E-state index contributed by atoms with van der Waals surface area (Å²) in [6, 6.07) is 9.37. The van der Waals surface area contributed by atoms with Gasteiger partial charge in [0.25, 0.3) is 0 Å². The summed E-state index contributed by atoms with van der Waals surface area (Å²) in [5.41, 5.74) is 0.826. The summed E-state index contributed by atoms with van der Waals surface area (Å²) in [6.07, 6.45) is 6.69. The largest absolute Gasteiger partial charge is 1.00 e. The number of hydrogen-bond acceptors (Lipinski definition) is 0.